The Morgan fingerprint density at radius 3 is 2.42 bits per heavy atom. The Balaban J connectivity index is 0.00000341. The van der Waals surface area contributed by atoms with Gasteiger partial charge in [0.15, 0.2) is 11.5 Å². The van der Waals surface area contributed by atoms with Crippen molar-refractivity contribution >= 4 is 29.7 Å². The standard InChI is InChI=1S/C23H26N2O4S.ClH/c1-14-9-17(12-21(28-3)23(14)29-4)22-19(13-30-25-22)15-5-6-20(27-2)16(10-15)11-18(26)7-8-24;/h5-6,9-10,12-13H,7-8,11,24H2,1-4H3;1H. The summed E-state index contributed by atoms with van der Waals surface area (Å²) in [5.41, 5.74) is 11.1. The number of carbonyl (C=O) groups excluding carboxylic acids is 1. The summed E-state index contributed by atoms with van der Waals surface area (Å²) >= 11 is 1.39. The zero-order valence-corrected chi connectivity index (χ0v) is 19.7. The van der Waals surface area contributed by atoms with Gasteiger partial charge in [0.1, 0.15) is 11.5 Å². The first-order valence-corrected chi connectivity index (χ1v) is 10.4. The van der Waals surface area contributed by atoms with E-state index in [4.69, 9.17) is 19.9 Å². The molecule has 3 aromatic rings. The van der Waals surface area contributed by atoms with E-state index in [1.54, 1.807) is 21.3 Å². The van der Waals surface area contributed by atoms with Crippen LogP contribution in [0, 0.1) is 6.92 Å². The number of nitrogens with zero attached hydrogens (tertiary/aromatic N) is 1. The second-order valence-electron chi connectivity index (χ2n) is 6.89. The maximum absolute atomic E-state index is 12.2. The van der Waals surface area contributed by atoms with Gasteiger partial charge in [-0.25, -0.2) is 0 Å². The highest BCUT2D eigenvalue weighted by Crippen LogP contribution is 2.40. The molecular weight excluding hydrogens is 436 g/mol. The molecule has 2 aromatic carbocycles. The van der Waals surface area contributed by atoms with Crippen molar-refractivity contribution in [2.24, 2.45) is 5.73 Å². The van der Waals surface area contributed by atoms with Crippen LogP contribution in [0.2, 0.25) is 0 Å². The number of methoxy groups -OCH3 is 3. The minimum atomic E-state index is 0. The number of ketones is 1. The van der Waals surface area contributed by atoms with E-state index in [2.05, 4.69) is 4.37 Å². The number of benzene rings is 2. The third-order valence-electron chi connectivity index (χ3n) is 4.91. The Morgan fingerprint density at radius 2 is 1.77 bits per heavy atom. The summed E-state index contributed by atoms with van der Waals surface area (Å²) in [6.45, 7) is 2.32. The SMILES string of the molecule is COc1ccc(-c2csnc2-c2cc(C)c(OC)c(OC)c2)cc1CC(=O)CCN.Cl. The Hall–Kier alpha value is -2.61. The molecule has 0 amide bonds. The molecule has 166 valence electrons. The predicted molar refractivity (Wildman–Crippen MR) is 127 cm³/mol. The van der Waals surface area contributed by atoms with Gasteiger partial charge in [-0.05, 0) is 60.4 Å². The summed E-state index contributed by atoms with van der Waals surface area (Å²) < 4.78 is 21.0. The van der Waals surface area contributed by atoms with Crippen LogP contribution in [0.1, 0.15) is 17.5 Å². The summed E-state index contributed by atoms with van der Waals surface area (Å²) in [5, 5.41) is 2.01. The molecule has 0 spiro atoms. The van der Waals surface area contributed by atoms with Gasteiger partial charge in [-0.15, -0.1) is 12.4 Å². The van der Waals surface area contributed by atoms with E-state index < -0.39 is 0 Å². The number of aromatic nitrogens is 1. The summed E-state index contributed by atoms with van der Waals surface area (Å²) in [4.78, 5) is 12.2. The molecule has 0 radical (unpaired) electrons. The maximum Gasteiger partial charge on any atom is 0.163 e. The largest absolute Gasteiger partial charge is 0.496 e. The monoisotopic (exact) mass is 462 g/mol. The molecule has 0 bridgehead atoms. The summed E-state index contributed by atoms with van der Waals surface area (Å²) in [6, 6.07) is 9.83. The normalized spacial score (nSPS) is 10.4. The molecule has 0 saturated carbocycles. The first-order chi connectivity index (χ1) is 14.5. The lowest BCUT2D eigenvalue weighted by Gasteiger charge is -2.14. The Bertz CT molecular complexity index is 1050. The molecule has 0 aliphatic carbocycles. The molecule has 0 aliphatic rings. The van der Waals surface area contributed by atoms with Gasteiger partial charge in [0.05, 0.1) is 27.0 Å². The molecule has 2 N–H and O–H groups in total. The van der Waals surface area contributed by atoms with Crippen LogP contribution in [-0.2, 0) is 11.2 Å². The van der Waals surface area contributed by atoms with Gasteiger partial charge in [-0.3, -0.25) is 4.79 Å². The molecule has 6 nitrogen and oxygen atoms in total. The Morgan fingerprint density at radius 1 is 1.03 bits per heavy atom. The fraction of sp³-hybridized carbons (Fsp3) is 0.304. The fourth-order valence-electron chi connectivity index (χ4n) is 3.49. The van der Waals surface area contributed by atoms with Crippen LogP contribution >= 0.6 is 23.9 Å². The third-order valence-corrected chi connectivity index (χ3v) is 5.54. The lowest BCUT2D eigenvalue weighted by molar-refractivity contribution is -0.118. The lowest BCUT2D eigenvalue weighted by atomic mass is 9.96. The number of hydrogen-bond acceptors (Lipinski definition) is 7. The Kier molecular flexibility index (Phi) is 8.86. The van der Waals surface area contributed by atoms with Gasteiger partial charge >= 0.3 is 0 Å². The van der Waals surface area contributed by atoms with Crippen molar-refractivity contribution in [2.75, 3.05) is 27.9 Å². The van der Waals surface area contributed by atoms with Gasteiger partial charge < -0.3 is 19.9 Å². The average Bonchev–Trinajstić information content (AvgIpc) is 3.23. The maximum atomic E-state index is 12.2. The van der Waals surface area contributed by atoms with Crippen LogP contribution in [0.25, 0.3) is 22.4 Å². The van der Waals surface area contributed by atoms with Gasteiger partial charge in [0.2, 0.25) is 0 Å². The molecule has 3 rings (SSSR count). The van der Waals surface area contributed by atoms with Gasteiger partial charge in [-0.2, -0.15) is 4.37 Å². The van der Waals surface area contributed by atoms with Crippen LogP contribution in [0.5, 0.6) is 17.2 Å². The fourth-order valence-corrected chi connectivity index (χ4v) is 4.20. The first kappa shape index (κ1) is 24.7. The quantitative estimate of drug-likeness (QED) is 0.496. The zero-order chi connectivity index (χ0) is 21.7. The van der Waals surface area contributed by atoms with Crippen molar-refractivity contribution in [1.82, 2.24) is 4.37 Å². The Labute approximate surface area is 192 Å². The molecule has 0 saturated heterocycles. The molecule has 0 unspecified atom stereocenters. The number of aryl methyl sites for hydroxylation is 1. The highest BCUT2D eigenvalue weighted by Gasteiger charge is 2.17. The summed E-state index contributed by atoms with van der Waals surface area (Å²) in [6.07, 6.45) is 0.639. The molecule has 1 aromatic heterocycles. The molecule has 8 heteroatoms. The van der Waals surface area contributed by atoms with Gasteiger partial charge in [0, 0.05) is 34.9 Å². The van der Waals surface area contributed by atoms with E-state index >= 15 is 0 Å². The number of Topliss-reactive ketones (excluding diaryl/α,β-unsaturated/α-hetero) is 1. The van der Waals surface area contributed by atoms with E-state index in [0.717, 1.165) is 33.5 Å². The van der Waals surface area contributed by atoms with Crippen molar-refractivity contribution in [1.29, 1.82) is 0 Å². The number of rotatable bonds is 9. The van der Waals surface area contributed by atoms with Crippen molar-refractivity contribution in [3.63, 3.8) is 0 Å². The number of halogens is 1. The van der Waals surface area contributed by atoms with Gasteiger partial charge in [-0.1, -0.05) is 6.07 Å². The number of carbonyl (C=O) groups is 1. The summed E-state index contributed by atoms with van der Waals surface area (Å²) in [5.74, 6) is 2.15. The second kappa shape index (κ2) is 11.1. The number of nitrogens with two attached hydrogens (primary N) is 1. The highest BCUT2D eigenvalue weighted by atomic mass is 35.5. The van der Waals surface area contributed by atoms with Crippen LogP contribution in [-0.4, -0.2) is 38.0 Å². The van der Waals surface area contributed by atoms with E-state index in [0.29, 0.717) is 30.2 Å². The van der Waals surface area contributed by atoms with E-state index in [-0.39, 0.29) is 24.6 Å². The highest BCUT2D eigenvalue weighted by molar-refractivity contribution is 7.04. The van der Waals surface area contributed by atoms with Crippen molar-refractivity contribution < 1.29 is 19.0 Å². The third kappa shape index (κ3) is 5.36. The second-order valence-corrected chi connectivity index (χ2v) is 7.52. The average molecular weight is 463 g/mol. The molecule has 1 heterocycles. The van der Waals surface area contributed by atoms with Crippen LogP contribution in [0.3, 0.4) is 0 Å². The van der Waals surface area contributed by atoms with Crippen molar-refractivity contribution in [2.45, 2.75) is 19.8 Å². The molecule has 0 aliphatic heterocycles. The summed E-state index contributed by atoms with van der Waals surface area (Å²) in [7, 11) is 4.86. The van der Waals surface area contributed by atoms with Crippen molar-refractivity contribution in [3.8, 4) is 39.6 Å². The van der Waals surface area contributed by atoms with E-state index in [9.17, 15) is 4.79 Å². The molecular formula is C23H27ClN2O4S. The van der Waals surface area contributed by atoms with Crippen LogP contribution in [0.4, 0.5) is 0 Å². The van der Waals surface area contributed by atoms with Crippen LogP contribution < -0.4 is 19.9 Å². The smallest absolute Gasteiger partial charge is 0.163 e. The topological polar surface area (TPSA) is 83.7 Å². The zero-order valence-electron chi connectivity index (χ0n) is 18.1. The molecule has 31 heavy (non-hydrogen) atoms. The minimum absolute atomic E-state index is 0. The number of ether oxygens (including phenoxy) is 3. The minimum Gasteiger partial charge on any atom is -0.496 e. The molecule has 0 fully saturated rings. The predicted octanol–water partition coefficient (Wildman–Crippen LogP) is 4.69. The van der Waals surface area contributed by atoms with Crippen molar-refractivity contribution in [3.05, 3.63) is 46.8 Å². The lowest BCUT2D eigenvalue weighted by Crippen LogP contribution is -2.10. The molecule has 0 atom stereocenters. The van der Waals surface area contributed by atoms with E-state index in [1.807, 2.05) is 42.6 Å². The van der Waals surface area contributed by atoms with Gasteiger partial charge in [0.25, 0.3) is 0 Å². The first-order valence-electron chi connectivity index (χ1n) is 9.58. The number of hydrogen-bond donors (Lipinski definition) is 1. The van der Waals surface area contributed by atoms with Crippen LogP contribution in [0.15, 0.2) is 35.7 Å². The van der Waals surface area contributed by atoms with E-state index in [1.165, 1.54) is 11.5 Å².